The Morgan fingerprint density at radius 1 is 0.632 bits per heavy atom. The summed E-state index contributed by atoms with van der Waals surface area (Å²) in [6.07, 6.45) is 44.0. The van der Waals surface area contributed by atoms with Gasteiger partial charge in [0.1, 0.15) is 19.8 Å². The minimum absolute atomic E-state index is 0.0586. The van der Waals surface area contributed by atoms with Gasteiger partial charge in [-0.1, -0.05) is 118 Å². The number of aliphatic hydroxyl groups excluding tert-OH is 1. The third kappa shape index (κ3) is 41.1. The maximum absolute atomic E-state index is 12.6. The van der Waals surface area contributed by atoms with Gasteiger partial charge in [0.15, 0.2) is 6.10 Å². The van der Waals surface area contributed by atoms with Gasteiger partial charge in [0.05, 0.1) is 33.9 Å². The minimum atomic E-state index is -4.66. The first-order valence-electron chi connectivity index (χ1n) is 21.4. The number of hydrogen-bond donors (Lipinski definition) is 1. The van der Waals surface area contributed by atoms with Crippen LogP contribution in [0.2, 0.25) is 0 Å². The number of rotatable bonds is 37. The van der Waals surface area contributed by atoms with Crippen LogP contribution in [0.3, 0.4) is 0 Å². The van der Waals surface area contributed by atoms with Gasteiger partial charge in [0.2, 0.25) is 0 Å². The summed E-state index contributed by atoms with van der Waals surface area (Å²) in [6, 6.07) is 0. The fourth-order valence-electron chi connectivity index (χ4n) is 5.08. The van der Waals surface area contributed by atoms with Crippen molar-refractivity contribution in [1.29, 1.82) is 0 Å². The molecule has 0 saturated carbocycles. The maximum atomic E-state index is 12.6. The Morgan fingerprint density at radius 2 is 1.12 bits per heavy atom. The van der Waals surface area contributed by atoms with Crippen molar-refractivity contribution in [2.75, 3.05) is 47.5 Å². The highest BCUT2D eigenvalue weighted by atomic mass is 31.2. The van der Waals surface area contributed by atoms with Crippen LogP contribution in [0.1, 0.15) is 136 Å². The molecule has 3 atom stereocenters. The van der Waals surface area contributed by atoms with Gasteiger partial charge >= 0.3 is 11.9 Å². The van der Waals surface area contributed by atoms with Crippen LogP contribution in [0.5, 0.6) is 0 Å². The number of ether oxygens (including phenoxy) is 2. The fraction of sp³-hybridized carbons (Fsp3) is 0.652. The van der Waals surface area contributed by atoms with Crippen molar-refractivity contribution in [2.45, 2.75) is 148 Å². The highest BCUT2D eigenvalue weighted by molar-refractivity contribution is 7.45. The normalized spacial score (nSPS) is 15.0. The molecule has 0 saturated heterocycles. The van der Waals surface area contributed by atoms with Crippen molar-refractivity contribution in [2.24, 2.45) is 0 Å². The molecule has 0 fully saturated rings. The number of carbonyl (C=O) groups is 2. The van der Waals surface area contributed by atoms with E-state index >= 15 is 0 Å². The van der Waals surface area contributed by atoms with Crippen molar-refractivity contribution in [1.82, 2.24) is 0 Å². The molecule has 10 nitrogen and oxygen atoms in total. The zero-order valence-corrected chi connectivity index (χ0v) is 37.0. The molecule has 0 amide bonds. The summed E-state index contributed by atoms with van der Waals surface area (Å²) < 4.78 is 33.7. The van der Waals surface area contributed by atoms with Crippen LogP contribution in [-0.4, -0.2) is 81.2 Å². The summed E-state index contributed by atoms with van der Waals surface area (Å²) in [7, 11) is 1.07. The molecule has 0 radical (unpaired) electrons. The zero-order valence-electron chi connectivity index (χ0n) is 36.1. The molecule has 1 N–H and O–H groups in total. The van der Waals surface area contributed by atoms with E-state index in [1.165, 1.54) is 19.3 Å². The molecule has 57 heavy (non-hydrogen) atoms. The molecule has 0 aliphatic rings. The van der Waals surface area contributed by atoms with Crippen LogP contribution < -0.4 is 4.89 Å². The molecule has 0 rings (SSSR count). The Balaban J connectivity index is 4.59. The van der Waals surface area contributed by atoms with Crippen molar-refractivity contribution in [3.8, 4) is 0 Å². The number of allylic oxidation sites excluding steroid dienone is 13. The summed E-state index contributed by atoms with van der Waals surface area (Å²) in [5.41, 5.74) is 0. The molecule has 11 heteroatoms. The van der Waals surface area contributed by atoms with E-state index in [0.717, 1.165) is 64.2 Å². The second-order valence-corrected chi connectivity index (χ2v) is 16.6. The van der Waals surface area contributed by atoms with Gasteiger partial charge < -0.3 is 33.0 Å². The molecule has 0 aromatic rings. The second-order valence-electron chi connectivity index (χ2n) is 15.2. The van der Waals surface area contributed by atoms with Gasteiger partial charge in [-0.3, -0.25) is 14.2 Å². The topological polar surface area (TPSA) is 131 Å². The number of quaternary nitrogens is 1. The van der Waals surface area contributed by atoms with Crippen LogP contribution in [0.15, 0.2) is 85.1 Å². The molecule has 0 aliphatic carbocycles. The van der Waals surface area contributed by atoms with E-state index in [1.54, 1.807) is 0 Å². The SMILES string of the molecule is CCCCC/C=C\C/C=C\C/C=C\CCCCC(=O)OC[C@H](COP(=O)([O-])OCC[N+](C)(C)C)OC(=O)CCC/C=C\C/C=C\C/C=C\C/C=C\CC(O)CCC. The first-order chi connectivity index (χ1) is 27.4. The predicted octanol–water partition coefficient (Wildman–Crippen LogP) is 10.4. The van der Waals surface area contributed by atoms with Gasteiger partial charge in [-0.25, -0.2) is 0 Å². The summed E-state index contributed by atoms with van der Waals surface area (Å²) in [4.78, 5) is 37.5. The molecule has 0 bridgehead atoms. The number of carbonyl (C=O) groups excluding carboxylic acids is 2. The average Bonchev–Trinajstić information content (AvgIpc) is 3.15. The van der Waals surface area contributed by atoms with Gasteiger partial charge in [0, 0.05) is 12.8 Å². The van der Waals surface area contributed by atoms with Crippen LogP contribution in [0.25, 0.3) is 0 Å². The maximum Gasteiger partial charge on any atom is 0.306 e. The molecule has 0 aromatic carbocycles. The molecular formula is C46H78NO9P. The van der Waals surface area contributed by atoms with E-state index in [-0.39, 0.29) is 32.2 Å². The number of likely N-dealkylation sites (N-methyl/N-ethyl adjacent to an activating group) is 1. The number of nitrogens with zero attached hydrogens (tertiary/aromatic N) is 1. The number of aliphatic hydroxyl groups is 1. The lowest BCUT2D eigenvalue weighted by molar-refractivity contribution is -0.870. The van der Waals surface area contributed by atoms with Crippen molar-refractivity contribution < 1.29 is 47.2 Å². The van der Waals surface area contributed by atoms with E-state index in [0.29, 0.717) is 36.7 Å². The van der Waals surface area contributed by atoms with Crippen molar-refractivity contribution in [3.05, 3.63) is 85.1 Å². The Morgan fingerprint density at radius 3 is 1.65 bits per heavy atom. The van der Waals surface area contributed by atoms with Gasteiger partial charge in [-0.05, 0) is 89.9 Å². The second kappa shape index (κ2) is 37.4. The summed E-state index contributed by atoms with van der Waals surface area (Å²) >= 11 is 0. The Labute approximate surface area is 346 Å². The smallest absolute Gasteiger partial charge is 0.306 e. The number of phosphoric acid groups is 1. The number of esters is 2. The largest absolute Gasteiger partial charge is 0.756 e. The lowest BCUT2D eigenvalue weighted by Crippen LogP contribution is -2.37. The van der Waals surface area contributed by atoms with Crippen LogP contribution in [0.4, 0.5) is 0 Å². The predicted molar refractivity (Wildman–Crippen MR) is 232 cm³/mol. The Hall–Kier alpha value is -2.85. The van der Waals surface area contributed by atoms with Gasteiger partial charge in [-0.15, -0.1) is 0 Å². The number of hydrogen-bond acceptors (Lipinski definition) is 9. The van der Waals surface area contributed by atoms with Gasteiger partial charge in [-0.2, -0.15) is 0 Å². The third-order valence-corrected chi connectivity index (χ3v) is 9.41. The third-order valence-electron chi connectivity index (χ3n) is 8.44. The number of unbranched alkanes of at least 4 members (excludes halogenated alkanes) is 6. The standard InChI is InChI=1S/C46H78NO9P/c1-6-8-9-10-11-12-13-14-15-18-21-24-27-30-33-37-45(49)53-41-44(42-55-57(51,52)54-40-39-47(3,4)5)56-46(50)38-34-31-28-25-22-19-16-17-20-23-26-29-32-36-43(48)35-7-2/h11-12,14-16,19-21,23-25,28-29,32,43-44,48H,6-10,13,17-18,22,26-27,30-31,33-42H2,1-5H3/b12-11-,15-14-,19-16-,23-20-,24-21-,28-25-,32-29-/t43?,44-/m1/s1. The highest BCUT2D eigenvalue weighted by Crippen LogP contribution is 2.38. The van der Waals surface area contributed by atoms with E-state index in [9.17, 15) is 24.2 Å². The lowest BCUT2D eigenvalue weighted by Gasteiger charge is -2.28. The average molecular weight is 820 g/mol. The van der Waals surface area contributed by atoms with E-state index in [2.05, 4.69) is 80.7 Å². The van der Waals surface area contributed by atoms with Crippen LogP contribution >= 0.6 is 7.82 Å². The van der Waals surface area contributed by atoms with Crippen molar-refractivity contribution in [3.63, 3.8) is 0 Å². The first kappa shape index (κ1) is 54.2. The summed E-state index contributed by atoms with van der Waals surface area (Å²) in [5.74, 6) is -0.976. The Kier molecular flexibility index (Phi) is 35.6. The number of phosphoric ester groups is 1. The molecule has 0 aliphatic heterocycles. The summed E-state index contributed by atoms with van der Waals surface area (Å²) in [5, 5.41) is 9.73. The van der Waals surface area contributed by atoms with E-state index < -0.39 is 32.5 Å². The van der Waals surface area contributed by atoms with Crippen LogP contribution in [-0.2, 0) is 32.7 Å². The molecule has 2 unspecified atom stereocenters. The lowest BCUT2D eigenvalue weighted by atomic mass is 10.1. The van der Waals surface area contributed by atoms with Crippen LogP contribution in [0, 0.1) is 0 Å². The fourth-order valence-corrected chi connectivity index (χ4v) is 5.81. The van der Waals surface area contributed by atoms with Crippen molar-refractivity contribution >= 4 is 19.8 Å². The van der Waals surface area contributed by atoms with Gasteiger partial charge in [0.25, 0.3) is 7.82 Å². The molecular weight excluding hydrogens is 741 g/mol. The zero-order chi connectivity index (χ0) is 42.3. The Bertz CT molecular complexity index is 1260. The van der Waals surface area contributed by atoms with E-state index in [1.807, 2.05) is 39.4 Å². The first-order valence-corrected chi connectivity index (χ1v) is 22.8. The van der Waals surface area contributed by atoms with E-state index in [4.69, 9.17) is 18.5 Å². The highest BCUT2D eigenvalue weighted by Gasteiger charge is 2.21. The molecule has 0 heterocycles. The molecule has 0 aromatic heterocycles. The molecule has 326 valence electrons. The summed E-state index contributed by atoms with van der Waals surface area (Å²) in [6.45, 7) is 3.84. The monoisotopic (exact) mass is 820 g/mol. The minimum Gasteiger partial charge on any atom is -0.756 e. The molecule has 0 spiro atoms. The quantitative estimate of drug-likeness (QED) is 0.0214.